The van der Waals surface area contributed by atoms with Crippen molar-refractivity contribution in [3.05, 3.63) is 34.5 Å². The first-order valence-electron chi connectivity index (χ1n) is 5.71. The third-order valence-electron chi connectivity index (χ3n) is 3.05. The van der Waals surface area contributed by atoms with Gasteiger partial charge in [0.15, 0.2) is 11.3 Å². The summed E-state index contributed by atoms with van der Waals surface area (Å²) in [5.41, 5.74) is -0.357. The van der Waals surface area contributed by atoms with E-state index in [1.165, 1.54) is 25.3 Å². The Bertz CT molecular complexity index is 894. The number of fused-ring (bicyclic) bond motifs is 2. The molecule has 20 heavy (non-hydrogen) atoms. The van der Waals surface area contributed by atoms with Crippen molar-refractivity contribution in [3.8, 4) is 23.0 Å². The first-order chi connectivity index (χ1) is 9.52. The van der Waals surface area contributed by atoms with Crippen molar-refractivity contribution >= 4 is 21.9 Å². The summed E-state index contributed by atoms with van der Waals surface area (Å²) >= 11 is 0. The van der Waals surface area contributed by atoms with Gasteiger partial charge in [-0.3, -0.25) is 4.79 Å². The van der Waals surface area contributed by atoms with Gasteiger partial charge in [-0.1, -0.05) is 0 Å². The fourth-order valence-corrected chi connectivity index (χ4v) is 2.16. The Morgan fingerprint density at radius 3 is 2.55 bits per heavy atom. The molecule has 0 spiro atoms. The second-order valence-electron chi connectivity index (χ2n) is 4.26. The molecule has 0 fully saturated rings. The largest absolute Gasteiger partial charge is 0.508 e. The van der Waals surface area contributed by atoms with Crippen molar-refractivity contribution in [2.24, 2.45) is 0 Å². The van der Waals surface area contributed by atoms with Crippen molar-refractivity contribution in [3.63, 3.8) is 0 Å². The van der Waals surface area contributed by atoms with Crippen LogP contribution >= 0.6 is 0 Å². The monoisotopic (exact) mass is 274 g/mol. The van der Waals surface area contributed by atoms with E-state index in [2.05, 4.69) is 0 Å². The molecule has 102 valence electrons. The highest BCUT2D eigenvalue weighted by molar-refractivity contribution is 5.97. The molecule has 0 saturated heterocycles. The summed E-state index contributed by atoms with van der Waals surface area (Å²) in [6.07, 6.45) is 0. The SMILES string of the molecule is COc1c(O)cc(O)c2c(=O)c3cc(O)ccc3oc12. The number of benzene rings is 2. The van der Waals surface area contributed by atoms with E-state index < -0.39 is 11.2 Å². The third-order valence-corrected chi connectivity index (χ3v) is 3.05. The topological polar surface area (TPSA) is 100 Å². The zero-order chi connectivity index (χ0) is 14.4. The Morgan fingerprint density at radius 2 is 1.85 bits per heavy atom. The predicted octanol–water partition coefficient (Wildman–Crippen LogP) is 2.07. The van der Waals surface area contributed by atoms with Crippen LogP contribution in [0, 0.1) is 0 Å². The molecular formula is C14H10O6. The number of phenols is 3. The maximum absolute atomic E-state index is 12.4. The normalized spacial score (nSPS) is 11.1. The number of ether oxygens (including phenoxy) is 1. The van der Waals surface area contributed by atoms with Crippen LogP contribution in [0.2, 0.25) is 0 Å². The van der Waals surface area contributed by atoms with E-state index in [0.717, 1.165) is 6.07 Å². The molecule has 0 aliphatic carbocycles. The zero-order valence-electron chi connectivity index (χ0n) is 10.4. The summed E-state index contributed by atoms with van der Waals surface area (Å²) in [4.78, 5) is 12.4. The van der Waals surface area contributed by atoms with Crippen molar-refractivity contribution < 1.29 is 24.5 Å². The average Bonchev–Trinajstić information content (AvgIpc) is 2.39. The Morgan fingerprint density at radius 1 is 1.10 bits per heavy atom. The fourth-order valence-electron chi connectivity index (χ4n) is 2.16. The van der Waals surface area contributed by atoms with Crippen LogP contribution in [0.25, 0.3) is 21.9 Å². The Labute approximate surface area is 112 Å². The molecule has 3 N–H and O–H groups in total. The van der Waals surface area contributed by atoms with E-state index in [1.807, 2.05) is 0 Å². The minimum absolute atomic E-state index is 0.0372. The van der Waals surface area contributed by atoms with Crippen LogP contribution in [0.4, 0.5) is 0 Å². The highest BCUT2D eigenvalue weighted by atomic mass is 16.5. The molecule has 0 aliphatic rings. The summed E-state index contributed by atoms with van der Waals surface area (Å²) in [6.45, 7) is 0. The first-order valence-corrected chi connectivity index (χ1v) is 5.71. The number of aromatic hydroxyl groups is 3. The van der Waals surface area contributed by atoms with Crippen LogP contribution < -0.4 is 10.2 Å². The molecule has 1 aromatic heterocycles. The van der Waals surface area contributed by atoms with E-state index in [9.17, 15) is 20.1 Å². The first kappa shape index (κ1) is 12.2. The molecule has 0 bridgehead atoms. The van der Waals surface area contributed by atoms with Crippen LogP contribution in [0.5, 0.6) is 23.0 Å². The molecule has 0 radical (unpaired) electrons. The maximum atomic E-state index is 12.4. The Hall–Kier alpha value is -2.89. The maximum Gasteiger partial charge on any atom is 0.204 e. The molecule has 2 aromatic carbocycles. The van der Waals surface area contributed by atoms with Crippen LogP contribution in [0.1, 0.15) is 0 Å². The molecule has 0 unspecified atom stereocenters. The number of hydrogen-bond acceptors (Lipinski definition) is 6. The van der Waals surface area contributed by atoms with E-state index in [-0.39, 0.29) is 39.2 Å². The van der Waals surface area contributed by atoms with Crippen molar-refractivity contribution in [1.29, 1.82) is 0 Å². The van der Waals surface area contributed by atoms with E-state index in [1.54, 1.807) is 0 Å². The van der Waals surface area contributed by atoms with Crippen molar-refractivity contribution in [2.45, 2.75) is 0 Å². The molecule has 3 rings (SSSR count). The standard InChI is InChI=1S/C14H10O6/c1-19-13-9(17)5-8(16)11-12(18)7-4-6(15)2-3-10(7)20-14(11)13/h2-5,15-17H,1H3. The number of hydrogen-bond donors (Lipinski definition) is 3. The van der Waals surface area contributed by atoms with E-state index in [0.29, 0.717) is 0 Å². The van der Waals surface area contributed by atoms with Crippen LogP contribution in [-0.2, 0) is 0 Å². The lowest BCUT2D eigenvalue weighted by molar-refractivity contribution is 0.368. The van der Waals surface area contributed by atoms with Gasteiger partial charge in [0.05, 0.1) is 12.5 Å². The van der Waals surface area contributed by atoms with Gasteiger partial charge in [0, 0.05) is 6.07 Å². The van der Waals surface area contributed by atoms with Gasteiger partial charge in [-0.2, -0.15) is 0 Å². The third kappa shape index (κ3) is 1.55. The minimum Gasteiger partial charge on any atom is -0.508 e. The summed E-state index contributed by atoms with van der Waals surface area (Å²) in [5.74, 6) is -0.879. The summed E-state index contributed by atoms with van der Waals surface area (Å²) in [7, 11) is 1.31. The van der Waals surface area contributed by atoms with Crippen LogP contribution in [0.3, 0.4) is 0 Å². The lowest BCUT2D eigenvalue weighted by Crippen LogP contribution is -2.03. The number of phenolic OH excluding ortho intramolecular Hbond substituents is 3. The fraction of sp³-hybridized carbons (Fsp3) is 0.0714. The highest BCUT2D eigenvalue weighted by Gasteiger charge is 2.19. The van der Waals surface area contributed by atoms with Gasteiger partial charge >= 0.3 is 0 Å². The predicted molar refractivity (Wildman–Crippen MR) is 71.5 cm³/mol. The molecule has 6 nitrogen and oxygen atoms in total. The van der Waals surface area contributed by atoms with Gasteiger partial charge in [0.2, 0.25) is 11.2 Å². The van der Waals surface area contributed by atoms with Gasteiger partial charge < -0.3 is 24.5 Å². The lowest BCUT2D eigenvalue weighted by atomic mass is 10.1. The van der Waals surface area contributed by atoms with Gasteiger partial charge in [-0.25, -0.2) is 0 Å². The molecule has 0 aliphatic heterocycles. The molecule has 0 amide bonds. The second-order valence-corrected chi connectivity index (χ2v) is 4.26. The van der Waals surface area contributed by atoms with Gasteiger partial charge in [-0.05, 0) is 18.2 Å². The quantitative estimate of drug-likeness (QED) is 0.587. The molecule has 3 aromatic rings. The van der Waals surface area contributed by atoms with Crippen molar-refractivity contribution in [1.82, 2.24) is 0 Å². The Balaban J connectivity index is 2.62. The van der Waals surface area contributed by atoms with Gasteiger partial charge in [-0.15, -0.1) is 0 Å². The highest BCUT2D eigenvalue weighted by Crippen LogP contribution is 2.40. The van der Waals surface area contributed by atoms with Crippen LogP contribution in [-0.4, -0.2) is 22.4 Å². The second kappa shape index (κ2) is 4.06. The molecule has 0 atom stereocenters. The van der Waals surface area contributed by atoms with E-state index in [4.69, 9.17) is 9.15 Å². The van der Waals surface area contributed by atoms with Gasteiger partial charge in [0.25, 0.3) is 0 Å². The van der Waals surface area contributed by atoms with E-state index >= 15 is 0 Å². The number of rotatable bonds is 1. The molecule has 6 heteroatoms. The summed E-state index contributed by atoms with van der Waals surface area (Å²) in [6, 6.07) is 5.05. The van der Waals surface area contributed by atoms with Gasteiger partial charge in [0.1, 0.15) is 22.5 Å². The summed E-state index contributed by atoms with van der Waals surface area (Å²) < 4.78 is 10.5. The van der Waals surface area contributed by atoms with Crippen LogP contribution in [0.15, 0.2) is 33.5 Å². The lowest BCUT2D eigenvalue weighted by Gasteiger charge is -2.09. The Kier molecular flexibility index (Phi) is 2.47. The zero-order valence-corrected chi connectivity index (χ0v) is 10.4. The molecule has 0 saturated carbocycles. The van der Waals surface area contributed by atoms with Crippen molar-refractivity contribution in [2.75, 3.05) is 7.11 Å². The molecular weight excluding hydrogens is 264 g/mol. The minimum atomic E-state index is -0.520. The number of methoxy groups -OCH3 is 1. The summed E-state index contributed by atoms with van der Waals surface area (Å²) in [5, 5.41) is 29.0. The smallest absolute Gasteiger partial charge is 0.204 e. The molecule has 1 heterocycles. The average molecular weight is 274 g/mol.